The second-order valence-electron chi connectivity index (χ2n) is 4.90. The minimum atomic E-state index is 0.556. The molecule has 3 nitrogen and oxygen atoms in total. The number of aromatic nitrogens is 1. The van der Waals surface area contributed by atoms with Gasteiger partial charge in [-0.2, -0.15) is 0 Å². The Labute approximate surface area is 105 Å². The van der Waals surface area contributed by atoms with Crippen LogP contribution in [0.4, 0.5) is 5.82 Å². The highest BCUT2D eigenvalue weighted by Crippen LogP contribution is 2.23. The van der Waals surface area contributed by atoms with E-state index in [0.29, 0.717) is 11.8 Å². The van der Waals surface area contributed by atoms with Crippen LogP contribution in [-0.4, -0.2) is 32.3 Å². The third-order valence-corrected chi connectivity index (χ3v) is 3.32. The Kier molecular flexibility index (Phi) is 5.42. The van der Waals surface area contributed by atoms with Crippen molar-refractivity contribution in [3.8, 4) is 0 Å². The third kappa shape index (κ3) is 4.00. The first kappa shape index (κ1) is 14.0. The minimum Gasteiger partial charge on any atom is -0.383 e. The predicted octanol–water partition coefficient (Wildman–Crippen LogP) is 2.92. The van der Waals surface area contributed by atoms with E-state index in [2.05, 4.69) is 42.8 Å². The fourth-order valence-corrected chi connectivity index (χ4v) is 1.62. The number of anilines is 1. The molecular weight excluding hydrogens is 212 g/mol. The summed E-state index contributed by atoms with van der Waals surface area (Å²) in [6.45, 7) is 8.31. The minimum absolute atomic E-state index is 0.556. The summed E-state index contributed by atoms with van der Waals surface area (Å²) in [7, 11) is 3.75. The van der Waals surface area contributed by atoms with Crippen molar-refractivity contribution in [2.75, 3.05) is 32.2 Å². The Morgan fingerprint density at radius 2 is 2.00 bits per heavy atom. The summed E-state index contributed by atoms with van der Waals surface area (Å²) in [5.74, 6) is 2.21. The standard InChI is InChI=1S/C14H24N2O/c1-11(2)12(3)13-6-7-14(15-10-13)16(4)8-9-17-5/h6-7,10-12H,8-9H2,1-5H3. The zero-order valence-electron chi connectivity index (χ0n) is 11.6. The molecule has 1 aromatic rings. The second-order valence-corrected chi connectivity index (χ2v) is 4.90. The van der Waals surface area contributed by atoms with Crippen LogP contribution in [0.3, 0.4) is 0 Å². The van der Waals surface area contributed by atoms with E-state index in [1.165, 1.54) is 5.56 Å². The van der Waals surface area contributed by atoms with E-state index in [0.717, 1.165) is 19.0 Å². The van der Waals surface area contributed by atoms with E-state index < -0.39 is 0 Å². The average molecular weight is 236 g/mol. The summed E-state index contributed by atoms with van der Waals surface area (Å²) in [4.78, 5) is 6.61. The summed E-state index contributed by atoms with van der Waals surface area (Å²) in [5, 5.41) is 0. The lowest BCUT2D eigenvalue weighted by atomic mass is 9.91. The topological polar surface area (TPSA) is 25.4 Å². The number of nitrogens with zero attached hydrogens (tertiary/aromatic N) is 2. The molecule has 0 aliphatic rings. The Morgan fingerprint density at radius 3 is 2.47 bits per heavy atom. The van der Waals surface area contributed by atoms with Crippen LogP contribution in [0.1, 0.15) is 32.3 Å². The summed E-state index contributed by atoms with van der Waals surface area (Å²) in [5.41, 5.74) is 1.31. The first-order chi connectivity index (χ1) is 8.06. The van der Waals surface area contributed by atoms with Crippen LogP contribution in [-0.2, 0) is 4.74 Å². The maximum Gasteiger partial charge on any atom is 0.128 e. The fraction of sp³-hybridized carbons (Fsp3) is 0.643. The zero-order chi connectivity index (χ0) is 12.8. The number of ether oxygens (including phenoxy) is 1. The van der Waals surface area contributed by atoms with Crippen molar-refractivity contribution in [1.29, 1.82) is 0 Å². The molecule has 0 N–H and O–H groups in total. The van der Waals surface area contributed by atoms with Crippen molar-refractivity contribution in [3.63, 3.8) is 0 Å². The first-order valence-corrected chi connectivity index (χ1v) is 6.22. The van der Waals surface area contributed by atoms with E-state index in [-0.39, 0.29) is 0 Å². The van der Waals surface area contributed by atoms with Gasteiger partial charge in [0.2, 0.25) is 0 Å². The maximum atomic E-state index is 5.06. The maximum absolute atomic E-state index is 5.06. The van der Waals surface area contributed by atoms with Gasteiger partial charge in [0.05, 0.1) is 6.61 Å². The smallest absolute Gasteiger partial charge is 0.128 e. The third-order valence-electron chi connectivity index (χ3n) is 3.32. The van der Waals surface area contributed by atoms with Crippen molar-refractivity contribution in [3.05, 3.63) is 23.9 Å². The van der Waals surface area contributed by atoms with E-state index in [1.807, 2.05) is 13.2 Å². The monoisotopic (exact) mass is 236 g/mol. The Bertz CT molecular complexity index is 321. The van der Waals surface area contributed by atoms with Crippen molar-refractivity contribution in [2.45, 2.75) is 26.7 Å². The molecule has 1 rings (SSSR count). The molecule has 1 aromatic heterocycles. The normalized spacial score (nSPS) is 12.8. The van der Waals surface area contributed by atoms with Gasteiger partial charge in [0.25, 0.3) is 0 Å². The van der Waals surface area contributed by atoms with E-state index in [9.17, 15) is 0 Å². The molecule has 0 bridgehead atoms. The Balaban J connectivity index is 2.67. The molecule has 0 aromatic carbocycles. The molecule has 0 aliphatic heterocycles. The SMILES string of the molecule is COCCN(C)c1ccc(C(C)C(C)C)cn1. The van der Waals surface area contributed by atoms with Gasteiger partial charge in [-0.1, -0.05) is 26.8 Å². The van der Waals surface area contributed by atoms with E-state index in [4.69, 9.17) is 4.74 Å². The number of likely N-dealkylation sites (N-methyl/N-ethyl adjacent to an activating group) is 1. The number of methoxy groups -OCH3 is 1. The second kappa shape index (κ2) is 6.60. The highest BCUT2D eigenvalue weighted by molar-refractivity contribution is 5.38. The van der Waals surface area contributed by atoms with Crippen molar-refractivity contribution in [1.82, 2.24) is 4.98 Å². The Morgan fingerprint density at radius 1 is 1.29 bits per heavy atom. The molecule has 0 saturated carbocycles. The molecular formula is C14H24N2O. The zero-order valence-corrected chi connectivity index (χ0v) is 11.6. The van der Waals surface area contributed by atoms with E-state index in [1.54, 1.807) is 7.11 Å². The quantitative estimate of drug-likeness (QED) is 0.759. The van der Waals surface area contributed by atoms with Crippen LogP contribution >= 0.6 is 0 Å². The lowest BCUT2D eigenvalue weighted by Crippen LogP contribution is -2.23. The first-order valence-electron chi connectivity index (χ1n) is 6.22. The van der Waals surface area contributed by atoms with Gasteiger partial charge in [-0.15, -0.1) is 0 Å². The fourth-order valence-electron chi connectivity index (χ4n) is 1.62. The van der Waals surface area contributed by atoms with Crippen LogP contribution in [0, 0.1) is 5.92 Å². The van der Waals surface area contributed by atoms with Gasteiger partial charge in [0, 0.05) is 26.9 Å². The molecule has 1 unspecified atom stereocenters. The molecule has 0 saturated heterocycles. The number of hydrogen-bond donors (Lipinski definition) is 0. The van der Waals surface area contributed by atoms with Crippen LogP contribution in [0.15, 0.2) is 18.3 Å². The summed E-state index contributed by atoms with van der Waals surface area (Å²) >= 11 is 0. The van der Waals surface area contributed by atoms with Gasteiger partial charge in [0.1, 0.15) is 5.82 Å². The highest BCUT2D eigenvalue weighted by atomic mass is 16.5. The van der Waals surface area contributed by atoms with Crippen molar-refractivity contribution < 1.29 is 4.74 Å². The summed E-state index contributed by atoms with van der Waals surface area (Å²) in [6.07, 6.45) is 1.99. The van der Waals surface area contributed by atoms with Crippen LogP contribution in [0.2, 0.25) is 0 Å². The molecule has 3 heteroatoms. The van der Waals surface area contributed by atoms with Crippen LogP contribution in [0.25, 0.3) is 0 Å². The van der Waals surface area contributed by atoms with Crippen LogP contribution in [0.5, 0.6) is 0 Å². The lowest BCUT2D eigenvalue weighted by Gasteiger charge is -2.20. The van der Waals surface area contributed by atoms with Gasteiger partial charge in [-0.3, -0.25) is 0 Å². The lowest BCUT2D eigenvalue weighted by molar-refractivity contribution is 0.206. The molecule has 17 heavy (non-hydrogen) atoms. The average Bonchev–Trinajstić information content (AvgIpc) is 2.35. The summed E-state index contributed by atoms with van der Waals surface area (Å²) < 4.78 is 5.06. The van der Waals surface area contributed by atoms with Crippen LogP contribution < -0.4 is 4.90 Å². The number of hydrogen-bond acceptors (Lipinski definition) is 3. The van der Waals surface area contributed by atoms with Crippen molar-refractivity contribution in [2.24, 2.45) is 5.92 Å². The molecule has 96 valence electrons. The number of pyridine rings is 1. The van der Waals surface area contributed by atoms with Crippen molar-refractivity contribution >= 4 is 5.82 Å². The molecule has 0 radical (unpaired) electrons. The summed E-state index contributed by atoms with van der Waals surface area (Å²) in [6, 6.07) is 4.26. The largest absolute Gasteiger partial charge is 0.383 e. The van der Waals surface area contributed by atoms with Gasteiger partial charge < -0.3 is 9.64 Å². The van der Waals surface area contributed by atoms with E-state index >= 15 is 0 Å². The molecule has 1 heterocycles. The van der Waals surface area contributed by atoms with Gasteiger partial charge in [-0.25, -0.2) is 4.98 Å². The highest BCUT2D eigenvalue weighted by Gasteiger charge is 2.10. The molecule has 1 atom stereocenters. The number of rotatable bonds is 6. The molecule has 0 amide bonds. The molecule has 0 fully saturated rings. The molecule has 0 aliphatic carbocycles. The van der Waals surface area contributed by atoms with Gasteiger partial charge >= 0.3 is 0 Å². The molecule has 0 spiro atoms. The van der Waals surface area contributed by atoms with Gasteiger partial charge in [-0.05, 0) is 23.5 Å². The Hall–Kier alpha value is -1.09. The van der Waals surface area contributed by atoms with Gasteiger partial charge in [0.15, 0.2) is 0 Å². The predicted molar refractivity (Wildman–Crippen MR) is 72.6 cm³/mol.